The zero-order valence-electron chi connectivity index (χ0n) is 15.4. The Kier molecular flexibility index (Phi) is 6.85. The number of ether oxygens (including phenoxy) is 2. The first-order valence-electron chi connectivity index (χ1n) is 8.89. The number of aliphatic hydroxyl groups excluding tert-OH is 1. The fourth-order valence-corrected chi connectivity index (χ4v) is 4.10. The Balaban J connectivity index is 1.67. The fraction of sp³-hybridized carbons (Fsp3) is 0.526. The van der Waals surface area contributed by atoms with Crippen LogP contribution in [-0.4, -0.2) is 66.4 Å². The second-order valence-electron chi connectivity index (χ2n) is 6.52. The van der Waals surface area contributed by atoms with E-state index in [1.54, 1.807) is 25.6 Å². The standard InChI is InChI=1S/C19H27N3O3S/c1-24-17-9-15(10-18(11-17)25-2)12-22-6-5-21(13-16(22)3-7-23)14-19-20-4-8-26-19/h4,8-11,16,23H,3,5-7,12-14H2,1-2H3. The molecular weight excluding hydrogens is 350 g/mol. The first-order valence-corrected chi connectivity index (χ1v) is 9.77. The van der Waals surface area contributed by atoms with Crippen LogP contribution >= 0.6 is 11.3 Å². The second kappa shape index (κ2) is 9.32. The van der Waals surface area contributed by atoms with E-state index in [0.29, 0.717) is 6.04 Å². The predicted octanol–water partition coefficient (Wildman–Crippen LogP) is 2.23. The number of aromatic nitrogens is 1. The number of thiazole rings is 1. The molecule has 1 aliphatic rings. The zero-order chi connectivity index (χ0) is 18.4. The van der Waals surface area contributed by atoms with E-state index < -0.39 is 0 Å². The quantitative estimate of drug-likeness (QED) is 0.761. The van der Waals surface area contributed by atoms with E-state index in [1.807, 2.05) is 17.6 Å². The van der Waals surface area contributed by atoms with Gasteiger partial charge in [-0.3, -0.25) is 9.80 Å². The normalized spacial score (nSPS) is 18.8. The van der Waals surface area contributed by atoms with Gasteiger partial charge >= 0.3 is 0 Å². The van der Waals surface area contributed by atoms with E-state index in [2.05, 4.69) is 26.9 Å². The molecule has 1 fully saturated rings. The molecule has 0 spiro atoms. The van der Waals surface area contributed by atoms with E-state index >= 15 is 0 Å². The first kappa shape index (κ1) is 19.1. The molecule has 0 amide bonds. The average molecular weight is 378 g/mol. The summed E-state index contributed by atoms with van der Waals surface area (Å²) in [7, 11) is 3.34. The zero-order valence-corrected chi connectivity index (χ0v) is 16.2. The molecule has 0 radical (unpaired) electrons. The Morgan fingerprint density at radius 2 is 1.92 bits per heavy atom. The fourth-order valence-electron chi connectivity index (χ4n) is 3.45. The van der Waals surface area contributed by atoms with Gasteiger partial charge in [0.05, 0.1) is 20.8 Å². The van der Waals surface area contributed by atoms with Crippen molar-refractivity contribution in [3.63, 3.8) is 0 Å². The second-order valence-corrected chi connectivity index (χ2v) is 7.50. The third-order valence-corrected chi connectivity index (χ3v) is 5.55. The summed E-state index contributed by atoms with van der Waals surface area (Å²) >= 11 is 1.70. The molecule has 1 unspecified atom stereocenters. The Labute approximate surface area is 159 Å². The van der Waals surface area contributed by atoms with Crippen LogP contribution in [0, 0.1) is 0 Å². The molecule has 142 valence electrons. The molecular formula is C19H27N3O3S. The minimum absolute atomic E-state index is 0.202. The summed E-state index contributed by atoms with van der Waals surface area (Å²) in [6.45, 7) is 4.83. The summed E-state index contributed by atoms with van der Waals surface area (Å²) in [6, 6.07) is 6.33. The number of nitrogens with zero attached hydrogens (tertiary/aromatic N) is 3. The largest absolute Gasteiger partial charge is 0.497 e. The van der Waals surface area contributed by atoms with Crippen LogP contribution in [0.25, 0.3) is 0 Å². The van der Waals surface area contributed by atoms with Crippen molar-refractivity contribution in [1.82, 2.24) is 14.8 Å². The van der Waals surface area contributed by atoms with Gasteiger partial charge in [-0.25, -0.2) is 4.98 Å². The molecule has 1 aromatic heterocycles. The van der Waals surface area contributed by atoms with Crippen molar-refractivity contribution >= 4 is 11.3 Å². The number of methoxy groups -OCH3 is 2. The number of aliphatic hydroxyl groups is 1. The predicted molar refractivity (Wildman–Crippen MR) is 103 cm³/mol. The van der Waals surface area contributed by atoms with E-state index in [-0.39, 0.29) is 6.61 Å². The van der Waals surface area contributed by atoms with Gasteiger partial charge in [-0.2, -0.15) is 0 Å². The number of hydrogen-bond acceptors (Lipinski definition) is 7. The van der Waals surface area contributed by atoms with E-state index in [1.165, 1.54) is 0 Å². The lowest BCUT2D eigenvalue weighted by atomic mass is 10.1. The van der Waals surface area contributed by atoms with Gasteiger partial charge in [0.15, 0.2) is 0 Å². The third-order valence-electron chi connectivity index (χ3n) is 4.79. The van der Waals surface area contributed by atoms with Crippen molar-refractivity contribution in [2.75, 3.05) is 40.5 Å². The highest BCUT2D eigenvalue weighted by Gasteiger charge is 2.27. The monoisotopic (exact) mass is 377 g/mol. The highest BCUT2D eigenvalue weighted by atomic mass is 32.1. The van der Waals surface area contributed by atoms with E-state index in [0.717, 1.165) is 61.2 Å². The molecule has 2 aromatic rings. The molecule has 2 heterocycles. The van der Waals surface area contributed by atoms with Crippen LogP contribution in [0.2, 0.25) is 0 Å². The van der Waals surface area contributed by atoms with Crippen molar-refractivity contribution < 1.29 is 14.6 Å². The molecule has 1 saturated heterocycles. The van der Waals surface area contributed by atoms with Crippen molar-refractivity contribution in [3.05, 3.63) is 40.3 Å². The molecule has 1 aromatic carbocycles. The van der Waals surface area contributed by atoms with Crippen LogP contribution in [-0.2, 0) is 13.1 Å². The van der Waals surface area contributed by atoms with Gasteiger partial charge < -0.3 is 14.6 Å². The molecule has 0 aliphatic carbocycles. The summed E-state index contributed by atoms with van der Waals surface area (Å²) in [5.41, 5.74) is 1.16. The van der Waals surface area contributed by atoms with Gasteiger partial charge in [0, 0.05) is 56.5 Å². The van der Waals surface area contributed by atoms with Crippen molar-refractivity contribution in [1.29, 1.82) is 0 Å². The maximum Gasteiger partial charge on any atom is 0.122 e. The lowest BCUT2D eigenvalue weighted by Gasteiger charge is -2.41. The number of rotatable bonds is 8. The first-order chi connectivity index (χ1) is 12.7. The highest BCUT2D eigenvalue weighted by Crippen LogP contribution is 2.25. The SMILES string of the molecule is COc1cc(CN2CCN(Cc3nccs3)CC2CCO)cc(OC)c1. The highest BCUT2D eigenvalue weighted by molar-refractivity contribution is 7.09. The van der Waals surface area contributed by atoms with Gasteiger partial charge in [0.1, 0.15) is 16.5 Å². The van der Waals surface area contributed by atoms with Crippen molar-refractivity contribution in [3.8, 4) is 11.5 Å². The topological polar surface area (TPSA) is 58.1 Å². The molecule has 0 bridgehead atoms. The van der Waals surface area contributed by atoms with Crippen LogP contribution in [0.15, 0.2) is 29.8 Å². The molecule has 1 N–H and O–H groups in total. The van der Waals surface area contributed by atoms with Crippen LogP contribution in [0.3, 0.4) is 0 Å². The Morgan fingerprint density at radius 3 is 2.54 bits per heavy atom. The minimum Gasteiger partial charge on any atom is -0.497 e. The van der Waals surface area contributed by atoms with Crippen LogP contribution in [0.5, 0.6) is 11.5 Å². The summed E-state index contributed by atoms with van der Waals surface area (Å²) in [5, 5.41) is 12.7. The number of hydrogen-bond donors (Lipinski definition) is 1. The molecule has 1 aliphatic heterocycles. The van der Waals surface area contributed by atoms with Gasteiger partial charge in [0.2, 0.25) is 0 Å². The van der Waals surface area contributed by atoms with Crippen LogP contribution < -0.4 is 9.47 Å². The minimum atomic E-state index is 0.202. The molecule has 0 saturated carbocycles. The maximum absolute atomic E-state index is 9.51. The third kappa shape index (κ3) is 4.94. The van der Waals surface area contributed by atoms with Gasteiger partial charge in [-0.1, -0.05) is 0 Å². The average Bonchev–Trinajstić information content (AvgIpc) is 3.16. The molecule has 6 nitrogen and oxygen atoms in total. The van der Waals surface area contributed by atoms with Crippen LogP contribution in [0.1, 0.15) is 17.0 Å². The number of benzene rings is 1. The van der Waals surface area contributed by atoms with Gasteiger partial charge in [-0.15, -0.1) is 11.3 Å². The Hall–Kier alpha value is -1.67. The Bertz CT molecular complexity index is 658. The lowest BCUT2D eigenvalue weighted by molar-refractivity contribution is 0.0498. The molecule has 1 atom stereocenters. The number of piperazine rings is 1. The summed E-state index contributed by atoms with van der Waals surface area (Å²) in [4.78, 5) is 9.27. The van der Waals surface area contributed by atoms with E-state index in [4.69, 9.17) is 9.47 Å². The summed E-state index contributed by atoms with van der Waals surface area (Å²) < 4.78 is 10.8. The van der Waals surface area contributed by atoms with Crippen molar-refractivity contribution in [2.24, 2.45) is 0 Å². The molecule has 3 rings (SSSR count). The molecule has 7 heteroatoms. The van der Waals surface area contributed by atoms with Crippen LogP contribution in [0.4, 0.5) is 0 Å². The van der Waals surface area contributed by atoms with Crippen molar-refractivity contribution in [2.45, 2.75) is 25.6 Å². The van der Waals surface area contributed by atoms with Gasteiger partial charge in [-0.05, 0) is 24.1 Å². The van der Waals surface area contributed by atoms with E-state index in [9.17, 15) is 5.11 Å². The Morgan fingerprint density at radius 1 is 1.15 bits per heavy atom. The summed E-state index contributed by atoms with van der Waals surface area (Å²) in [5.74, 6) is 1.61. The maximum atomic E-state index is 9.51. The summed E-state index contributed by atoms with van der Waals surface area (Å²) in [6.07, 6.45) is 2.63. The van der Waals surface area contributed by atoms with Gasteiger partial charge in [0.25, 0.3) is 0 Å². The lowest BCUT2D eigenvalue weighted by Crippen LogP contribution is -2.52. The molecule has 26 heavy (non-hydrogen) atoms. The smallest absolute Gasteiger partial charge is 0.122 e.